The van der Waals surface area contributed by atoms with Gasteiger partial charge in [0.2, 0.25) is 5.91 Å². The molecule has 1 atom stereocenters. The maximum Gasteiger partial charge on any atom is 0.226 e. The summed E-state index contributed by atoms with van der Waals surface area (Å²) >= 11 is 6.06. The molecule has 2 heterocycles. The summed E-state index contributed by atoms with van der Waals surface area (Å²) in [7, 11) is 0. The highest BCUT2D eigenvalue weighted by molar-refractivity contribution is 6.31. The largest absolute Gasteiger partial charge is 0.373 e. The van der Waals surface area contributed by atoms with E-state index in [1.807, 2.05) is 6.92 Å². The van der Waals surface area contributed by atoms with Crippen molar-refractivity contribution in [2.75, 3.05) is 10.6 Å². The molecule has 0 fully saturated rings. The molecule has 0 bridgehead atoms. The smallest absolute Gasteiger partial charge is 0.226 e. The minimum atomic E-state index is -2.65. The molecule has 1 aliphatic rings. The number of rotatable bonds is 3. The van der Waals surface area contributed by atoms with Gasteiger partial charge in [-0.2, -0.15) is 0 Å². The third-order valence-corrected chi connectivity index (χ3v) is 4.04. The Morgan fingerprint density at radius 3 is 3.04 bits per heavy atom. The van der Waals surface area contributed by atoms with Gasteiger partial charge in [0.05, 0.1) is 23.8 Å². The van der Waals surface area contributed by atoms with E-state index in [1.54, 1.807) is 36.4 Å². The summed E-state index contributed by atoms with van der Waals surface area (Å²) in [5.41, 5.74) is 2.02. The number of carbonyl (C=O) groups is 1. The van der Waals surface area contributed by atoms with Crippen molar-refractivity contribution in [3.8, 4) is 5.69 Å². The van der Waals surface area contributed by atoms with Crippen LogP contribution in [0, 0.1) is 6.92 Å². The van der Waals surface area contributed by atoms with Crippen molar-refractivity contribution < 1.29 is 10.4 Å². The molecule has 2 aromatic carbocycles. The van der Waals surface area contributed by atoms with E-state index in [0.717, 1.165) is 10.9 Å². The fraction of sp³-hybridized carbons (Fsp3) is 0.167. The van der Waals surface area contributed by atoms with Crippen LogP contribution in [-0.2, 0) is 4.79 Å². The number of hydrogen-bond acceptors (Lipinski definition) is 4. The fourth-order valence-electron chi connectivity index (χ4n) is 2.60. The molecule has 0 saturated heterocycles. The van der Waals surface area contributed by atoms with E-state index in [0.29, 0.717) is 21.7 Å². The molecule has 1 aliphatic heterocycles. The number of nitrogens with one attached hydrogen (secondary N) is 2. The number of aromatic nitrogens is 3. The first-order valence-corrected chi connectivity index (χ1v) is 7.97. The maximum atomic E-state index is 13.0. The molecular weight excluding hydrogens is 338 g/mol. The predicted octanol–water partition coefficient (Wildman–Crippen LogP) is 3.72. The number of halogens is 1. The number of hydrogen-bond donors (Lipinski definition) is 2. The molecule has 3 aromatic rings. The van der Waals surface area contributed by atoms with Gasteiger partial charge in [0.15, 0.2) is 8.65 Å². The first-order chi connectivity index (χ1) is 13.7. The number of fused-ring (bicyclic) bond motifs is 3. The van der Waals surface area contributed by atoms with Crippen molar-refractivity contribution >= 4 is 28.9 Å². The first-order valence-electron chi connectivity index (χ1n) is 9.49. The average molecular weight is 358 g/mol. The molecule has 0 aliphatic carbocycles. The summed E-state index contributed by atoms with van der Waals surface area (Å²) in [5.74, 6) is -1.03. The predicted molar refractivity (Wildman–Crippen MR) is 97.2 cm³/mol. The third-order valence-electron chi connectivity index (χ3n) is 3.81. The quantitative estimate of drug-likeness (QED) is 0.749. The third kappa shape index (κ3) is 3.08. The van der Waals surface area contributed by atoms with Gasteiger partial charge in [-0.3, -0.25) is 9.36 Å². The minimum Gasteiger partial charge on any atom is -0.373 e. The number of nitrogens with zero attached hydrogens (tertiary/aromatic N) is 3. The van der Waals surface area contributed by atoms with E-state index >= 15 is 0 Å². The zero-order valence-corrected chi connectivity index (χ0v) is 14.0. The summed E-state index contributed by atoms with van der Waals surface area (Å²) in [4.78, 5) is 13.0. The number of amides is 1. The molecule has 0 saturated carbocycles. The number of anilines is 2. The number of aryl methyl sites for hydroxylation is 1. The second kappa shape index (κ2) is 6.22. The van der Waals surface area contributed by atoms with Crippen LogP contribution in [0.1, 0.15) is 26.5 Å². The van der Waals surface area contributed by atoms with Crippen LogP contribution in [-0.4, -0.2) is 20.7 Å². The first kappa shape index (κ1) is 11.7. The summed E-state index contributed by atoms with van der Waals surface area (Å²) < 4.78 is 35.2. The fourth-order valence-corrected chi connectivity index (χ4v) is 2.77. The molecule has 0 spiro atoms. The lowest BCUT2D eigenvalue weighted by atomic mass is 10.1. The van der Waals surface area contributed by atoms with Crippen LogP contribution < -0.4 is 10.6 Å². The SMILES string of the molecule is [2H]N(C(=O)C([2H])([2H])C1c2nncn2-c2ccc(Cl)cc2N1[2H])c1ccc(C)cc1. The van der Waals surface area contributed by atoms with Crippen LogP contribution >= 0.6 is 11.6 Å². The van der Waals surface area contributed by atoms with Gasteiger partial charge in [-0.15, -0.1) is 10.2 Å². The van der Waals surface area contributed by atoms with E-state index < -0.39 is 18.3 Å². The van der Waals surface area contributed by atoms with Crippen LogP contribution in [0.4, 0.5) is 11.4 Å². The van der Waals surface area contributed by atoms with Crippen molar-refractivity contribution in [3.05, 3.63) is 65.2 Å². The van der Waals surface area contributed by atoms with Crippen LogP contribution in [0.5, 0.6) is 0 Å². The van der Waals surface area contributed by atoms with Gasteiger partial charge < -0.3 is 10.6 Å². The Bertz CT molecular complexity index is 1090. The Kier molecular flexibility index (Phi) is 2.90. The zero-order chi connectivity index (χ0) is 20.9. The summed E-state index contributed by atoms with van der Waals surface area (Å²) in [6, 6.07) is 9.97. The lowest BCUT2D eigenvalue weighted by Gasteiger charge is -2.27. The van der Waals surface area contributed by atoms with Crippen molar-refractivity contribution in [1.29, 1.82) is 0 Å². The molecule has 1 unspecified atom stereocenters. The Morgan fingerprint density at radius 1 is 1.44 bits per heavy atom. The summed E-state index contributed by atoms with van der Waals surface area (Å²) in [5, 5.41) is 9.51. The van der Waals surface area contributed by atoms with Gasteiger partial charge in [-0.25, -0.2) is 0 Å². The van der Waals surface area contributed by atoms with Gasteiger partial charge in [0, 0.05) is 13.5 Å². The van der Waals surface area contributed by atoms with Gasteiger partial charge in [-0.05, 0) is 37.3 Å². The average Bonchev–Trinajstić information content (AvgIpc) is 3.16. The second-order valence-corrected chi connectivity index (χ2v) is 6.06. The Morgan fingerprint density at radius 2 is 2.24 bits per heavy atom. The minimum absolute atomic E-state index is 0.0884. The molecule has 1 aromatic heterocycles. The maximum absolute atomic E-state index is 13.0. The Labute approximate surface area is 155 Å². The van der Waals surface area contributed by atoms with Crippen molar-refractivity contribution in [3.63, 3.8) is 0 Å². The highest BCUT2D eigenvalue weighted by Gasteiger charge is 2.28. The van der Waals surface area contributed by atoms with Gasteiger partial charge in [0.1, 0.15) is 6.33 Å². The zero-order valence-electron chi connectivity index (χ0n) is 17.2. The highest BCUT2D eigenvalue weighted by atomic mass is 35.5. The Hall–Kier alpha value is -2.86. The van der Waals surface area contributed by atoms with Gasteiger partial charge in [-0.1, -0.05) is 29.3 Å². The monoisotopic (exact) mass is 357 g/mol. The standard InChI is InChI=1S/C18H16ClN5O/c1-11-2-5-13(6-3-11)21-17(25)9-15-18-23-20-10-24(18)16-7-4-12(19)8-14(16)22-15/h2-8,10,15,22H,9H2,1H3,(H,21,25)/i9D2/hD2. The molecular formula is C18H16ClN5O. The summed E-state index contributed by atoms with van der Waals surface area (Å²) in [6.45, 7) is 1.87. The van der Waals surface area contributed by atoms with Crippen LogP contribution in [0.2, 0.25) is 7.85 Å². The van der Waals surface area contributed by atoms with Crippen LogP contribution in [0.25, 0.3) is 5.69 Å². The van der Waals surface area contributed by atoms with Crippen molar-refractivity contribution in [2.45, 2.75) is 19.3 Å². The van der Waals surface area contributed by atoms with E-state index in [-0.39, 0.29) is 11.5 Å². The number of benzene rings is 2. The van der Waals surface area contributed by atoms with Crippen molar-refractivity contribution in [2.24, 2.45) is 0 Å². The normalized spacial score (nSPS) is 18.3. The molecule has 4 rings (SSSR count). The number of carbonyl (C=O) groups excluding carboxylic acids is 1. The second-order valence-electron chi connectivity index (χ2n) is 5.62. The highest BCUT2D eigenvalue weighted by Crippen LogP contribution is 2.35. The van der Waals surface area contributed by atoms with Crippen LogP contribution in [0.15, 0.2) is 48.8 Å². The lowest BCUT2D eigenvalue weighted by Crippen LogP contribution is -2.26. The Balaban J connectivity index is 1.76. The summed E-state index contributed by atoms with van der Waals surface area (Å²) in [6.07, 6.45) is -1.26. The molecule has 1 amide bonds. The molecule has 6 nitrogen and oxygen atoms in total. The molecule has 126 valence electrons. The molecule has 2 N–H and O–H groups in total. The van der Waals surface area contributed by atoms with E-state index in [4.69, 9.17) is 17.2 Å². The van der Waals surface area contributed by atoms with Crippen molar-refractivity contribution in [1.82, 2.24) is 14.8 Å². The lowest BCUT2D eigenvalue weighted by molar-refractivity contribution is -0.116. The molecule has 25 heavy (non-hydrogen) atoms. The topological polar surface area (TPSA) is 71.8 Å². The van der Waals surface area contributed by atoms with Crippen LogP contribution in [0.3, 0.4) is 0 Å². The van der Waals surface area contributed by atoms with Gasteiger partial charge >= 0.3 is 0 Å². The van der Waals surface area contributed by atoms with E-state index in [2.05, 4.69) is 10.2 Å². The van der Waals surface area contributed by atoms with E-state index in [9.17, 15) is 4.79 Å². The molecule has 7 heteroatoms. The van der Waals surface area contributed by atoms with Gasteiger partial charge in [0.25, 0.3) is 0 Å². The molecule has 0 radical (unpaired) electrons. The van der Waals surface area contributed by atoms with E-state index in [1.165, 1.54) is 17.0 Å².